The maximum atomic E-state index is 12.1. The van der Waals surface area contributed by atoms with Gasteiger partial charge in [-0.1, -0.05) is 0 Å². The van der Waals surface area contributed by atoms with Crippen LogP contribution in [0.3, 0.4) is 0 Å². The van der Waals surface area contributed by atoms with Crippen LogP contribution in [0.25, 0.3) is 0 Å². The van der Waals surface area contributed by atoms with E-state index in [0.29, 0.717) is 33.7 Å². The summed E-state index contributed by atoms with van der Waals surface area (Å²) in [4.78, 5) is 24.1. The van der Waals surface area contributed by atoms with Gasteiger partial charge in [-0.15, -0.1) is 0 Å². The SMILES string of the molecule is CCOc1ccc(C(=O)NNC(=O)c2ccc(OC)cc2)cc1Br. The van der Waals surface area contributed by atoms with Crippen molar-refractivity contribution < 1.29 is 19.1 Å². The number of methoxy groups -OCH3 is 1. The first-order valence-electron chi connectivity index (χ1n) is 7.22. The molecule has 0 aromatic heterocycles. The van der Waals surface area contributed by atoms with Crippen LogP contribution >= 0.6 is 15.9 Å². The predicted molar refractivity (Wildman–Crippen MR) is 93.2 cm³/mol. The Bertz CT molecular complexity index is 732. The van der Waals surface area contributed by atoms with Gasteiger partial charge in [0, 0.05) is 11.1 Å². The van der Waals surface area contributed by atoms with Gasteiger partial charge in [-0.05, 0) is 65.3 Å². The molecule has 0 bridgehead atoms. The lowest BCUT2D eigenvalue weighted by atomic mass is 10.2. The van der Waals surface area contributed by atoms with Crippen LogP contribution in [0.4, 0.5) is 0 Å². The topological polar surface area (TPSA) is 76.7 Å². The molecule has 7 heteroatoms. The number of carbonyl (C=O) groups excluding carboxylic acids is 2. The van der Waals surface area contributed by atoms with Crippen molar-refractivity contribution in [2.24, 2.45) is 0 Å². The van der Waals surface area contributed by atoms with Crippen LogP contribution in [0.5, 0.6) is 11.5 Å². The summed E-state index contributed by atoms with van der Waals surface area (Å²) in [6, 6.07) is 11.5. The van der Waals surface area contributed by atoms with E-state index in [1.54, 1.807) is 49.6 Å². The number of rotatable bonds is 5. The zero-order valence-electron chi connectivity index (χ0n) is 13.3. The molecule has 2 N–H and O–H groups in total. The average molecular weight is 393 g/mol. The Balaban J connectivity index is 1.96. The minimum atomic E-state index is -0.430. The molecule has 0 atom stereocenters. The molecule has 0 aliphatic heterocycles. The monoisotopic (exact) mass is 392 g/mol. The lowest BCUT2D eigenvalue weighted by Gasteiger charge is -2.10. The fraction of sp³-hybridized carbons (Fsp3) is 0.176. The summed E-state index contributed by atoms with van der Waals surface area (Å²) < 4.78 is 11.1. The molecular weight excluding hydrogens is 376 g/mol. The number of halogens is 1. The number of amides is 2. The summed E-state index contributed by atoms with van der Waals surface area (Å²) >= 11 is 3.34. The molecule has 2 amide bonds. The Morgan fingerprint density at radius 2 is 1.58 bits per heavy atom. The zero-order chi connectivity index (χ0) is 17.5. The molecule has 2 aromatic rings. The van der Waals surface area contributed by atoms with Crippen LogP contribution in [-0.2, 0) is 0 Å². The number of ether oxygens (including phenoxy) is 2. The third-order valence-electron chi connectivity index (χ3n) is 3.14. The number of hydrogen-bond acceptors (Lipinski definition) is 4. The van der Waals surface area contributed by atoms with Crippen LogP contribution in [0.1, 0.15) is 27.6 Å². The van der Waals surface area contributed by atoms with Gasteiger partial charge in [-0.3, -0.25) is 20.4 Å². The fourth-order valence-electron chi connectivity index (χ4n) is 1.91. The highest BCUT2D eigenvalue weighted by Gasteiger charge is 2.11. The Morgan fingerprint density at radius 1 is 1.00 bits per heavy atom. The Labute approximate surface area is 148 Å². The molecule has 0 aliphatic rings. The van der Waals surface area contributed by atoms with Crippen molar-refractivity contribution in [2.75, 3.05) is 13.7 Å². The molecule has 6 nitrogen and oxygen atoms in total. The van der Waals surface area contributed by atoms with Crippen molar-refractivity contribution in [1.82, 2.24) is 10.9 Å². The molecule has 2 aromatic carbocycles. The van der Waals surface area contributed by atoms with E-state index in [-0.39, 0.29) is 0 Å². The van der Waals surface area contributed by atoms with Crippen molar-refractivity contribution in [3.8, 4) is 11.5 Å². The molecule has 0 fully saturated rings. The zero-order valence-corrected chi connectivity index (χ0v) is 14.8. The third kappa shape index (κ3) is 4.48. The summed E-state index contributed by atoms with van der Waals surface area (Å²) in [5.41, 5.74) is 5.54. The van der Waals surface area contributed by atoms with E-state index in [1.807, 2.05) is 6.92 Å². The van der Waals surface area contributed by atoms with E-state index in [4.69, 9.17) is 9.47 Å². The van der Waals surface area contributed by atoms with Gasteiger partial charge in [0.2, 0.25) is 0 Å². The smallest absolute Gasteiger partial charge is 0.269 e. The van der Waals surface area contributed by atoms with E-state index in [9.17, 15) is 9.59 Å². The normalized spacial score (nSPS) is 9.96. The predicted octanol–water partition coefficient (Wildman–Crippen LogP) is 2.93. The highest BCUT2D eigenvalue weighted by Crippen LogP contribution is 2.25. The first-order valence-corrected chi connectivity index (χ1v) is 8.01. The Hall–Kier alpha value is -2.54. The number of benzene rings is 2. The van der Waals surface area contributed by atoms with Gasteiger partial charge >= 0.3 is 0 Å². The molecule has 126 valence electrons. The van der Waals surface area contributed by atoms with Crippen molar-refractivity contribution in [3.05, 3.63) is 58.1 Å². The van der Waals surface area contributed by atoms with Crippen molar-refractivity contribution in [1.29, 1.82) is 0 Å². The molecule has 0 saturated carbocycles. The molecule has 0 heterocycles. The Morgan fingerprint density at radius 3 is 2.12 bits per heavy atom. The molecule has 0 spiro atoms. The van der Waals surface area contributed by atoms with Crippen molar-refractivity contribution in [3.63, 3.8) is 0 Å². The van der Waals surface area contributed by atoms with Crippen molar-refractivity contribution in [2.45, 2.75) is 6.92 Å². The molecular formula is C17H17BrN2O4. The maximum absolute atomic E-state index is 12.1. The standard InChI is InChI=1S/C17H17BrN2O4/c1-3-24-15-9-6-12(10-14(15)18)17(22)20-19-16(21)11-4-7-13(23-2)8-5-11/h4-10H,3H2,1-2H3,(H,19,21)(H,20,22). The minimum Gasteiger partial charge on any atom is -0.497 e. The average Bonchev–Trinajstić information content (AvgIpc) is 2.61. The van der Waals surface area contributed by atoms with Gasteiger partial charge in [0.1, 0.15) is 11.5 Å². The van der Waals surface area contributed by atoms with Crippen LogP contribution in [0.15, 0.2) is 46.9 Å². The van der Waals surface area contributed by atoms with Gasteiger partial charge in [0.25, 0.3) is 11.8 Å². The first kappa shape index (κ1) is 17.8. The lowest BCUT2D eigenvalue weighted by Crippen LogP contribution is -2.41. The van der Waals surface area contributed by atoms with Gasteiger partial charge < -0.3 is 9.47 Å². The van der Waals surface area contributed by atoms with Gasteiger partial charge in [-0.25, -0.2) is 0 Å². The molecule has 0 unspecified atom stereocenters. The fourth-order valence-corrected chi connectivity index (χ4v) is 2.41. The van der Waals surface area contributed by atoms with Gasteiger partial charge in [-0.2, -0.15) is 0 Å². The quantitative estimate of drug-likeness (QED) is 0.766. The molecule has 2 rings (SSSR count). The summed E-state index contributed by atoms with van der Waals surface area (Å²) in [6.07, 6.45) is 0. The molecule has 24 heavy (non-hydrogen) atoms. The van der Waals surface area contributed by atoms with Gasteiger partial charge in [0.05, 0.1) is 18.2 Å². The number of nitrogens with one attached hydrogen (secondary N) is 2. The van der Waals surface area contributed by atoms with E-state index in [2.05, 4.69) is 26.8 Å². The molecule has 0 saturated heterocycles. The van der Waals surface area contributed by atoms with Crippen LogP contribution in [0, 0.1) is 0 Å². The number of carbonyl (C=O) groups is 2. The van der Waals surface area contributed by atoms with Gasteiger partial charge in [0.15, 0.2) is 0 Å². The maximum Gasteiger partial charge on any atom is 0.269 e. The highest BCUT2D eigenvalue weighted by molar-refractivity contribution is 9.10. The highest BCUT2D eigenvalue weighted by atomic mass is 79.9. The second kappa shape index (κ2) is 8.35. The Kier molecular flexibility index (Phi) is 6.20. The van der Waals surface area contributed by atoms with Crippen LogP contribution < -0.4 is 20.3 Å². The second-order valence-electron chi connectivity index (χ2n) is 4.71. The number of hydrogen-bond donors (Lipinski definition) is 2. The summed E-state index contributed by atoms with van der Waals surface area (Å²) in [6.45, 7) is 2.41. The summed E-state index contributed by atoms with van der Waals surface area (Å²) in [5.74, 6) is 0.447. The number of hydrazine groups is 1. The van der Waals surface area contributed by atoms with Crippen molar-refractivity contribution >= 4 is 27.7 Å². The second-order valence-corrected chi connectivity index (χ2v) is 5.57. The van der Waals surface area contributed by atoms with E-state index >= 15 is 0 Å². The van der Waals surface area contributed by atoms with E-state index in [1.165, 1.54) is 0 Å². The minimum absolute atomic E-state index is 0.389. The molecule has 0 radical (unpaired) electrons. The van der Waals surface area contributed by atoms with Crippen LogP contribution in [0.2, 0.25) is 0 Å². The first-order chi connectivity index (χ1) is 11.5. The van der Waals surface area contributed by atoms with E-state index in [0.717, 1.165) is 0 Å². The van der Waals surface area contributed by atoms with Crippen LogP contribution in [-0.4, -0.2) is 25.5 Å². The lowest BCUT2D eigenvalue weighted by molar-refractivity contribution is 0.0846. The largest absolute Gasteiger partial charge is 0.497 e. The third-order valence-corrected chi connectivity index (χ3v) is 3.76. The molecule has 0 aliphatic carbocycles. The summed E-state index contributed by atoms with van der Waals surface area (Å²) in [5, 5.41) is 0. The van der Waals surface area contributed by atoms with E-state index < -0.39 is 11.8 Å². The summed E-state index contributed by atoms with van der Waals surface area (Å²) in [7, 11) is 1.55.